The van der Waals surface area contributed by atoms with Gasteiger partial charge in [0.1, 0.15) is 11.5 Å². The van der Waals surface area contributed by atoms with Crippen LogP contribution in [0.4, 0.5) is 0 Å². The van der Waals surface area contributed by atoms with Crippen LogP contribution >= 0.6 is 0 Å². The largest absolute Gasteiger partial charge is 0.481 e. The third kappa shape index (κ3) is 4.20. The van der Waals surface area contributed by atoms with Gasteiger partial charge >= 0.3 is 5.97 Å². The Kier molecular flexibility index (Phi) is 4.81. The van der Waals surface area contributed by atoms with Crippen LogP contribution in [-0.4, -0.2) is 30.1 Å². The molecule has 1 N–H and O–H groups in total. The lowest BCUT2D eigenvalue weighted by Crippen LogP contribution is -2.10. The second-order valence-corrected chi connectivity index (χ2v) is 5.64. The molecule has 1 unspecified atom stereocenters. The zero-order chi connectivity index (χ0) is 15.4. The smallest absolute Gasteiger partial charge is 0.304 e. The molecule has 4 nitrogen and oxygen atoms in total. The van der Waals surface area contributed by atoms with Crippen LogP contribution in [0.3, 0.4) is 0 Å². The zero-order valence-corrected chi connectivity index (χ0v) is 12.7. The van der Waals surface area contributed by atoms with Crippen LogP contribution in [-0.2, 0) is 11.3 Å². The van der Waals surface area contributed by atoms with Gasteiger partial charge in [0, 0.05) is 18.0 Å². The molecular weight excluding hydrogens is 266 g/mol. The SMILES string of the molecule is CC(CC(=O)O)c1ccc(-c2cccc(CN(C)C)c2)o1. The summed E-state index contributed by atoms with van der Waals surface area (Å²) in [6.07, 6.45) is 0.0770. The Morgan fingerprint density at radius 1 is 1.29 bits per heavy atom. The Balaban J connectivity index is 2.19. The monoisotopic (exact) mass is 287 g/mol. The highest BCUT2D eigenvalue weighted by Gasteiger charge is 2.15. The minimum absolute atomic E-state index is 0.0770. The first kappa shape index (κ1) is 15.3. The molecule has 0 saturated heterocycles. The number of nitrogens with zero attached hydrogens (tertiary/aromatic N) is 1. The number of carboxylic acids is 1. The first-order valence-corrected chi connectivity index (χ1v) is 7.01. The van der Waals surface area contributed by atoms with Gasteiger partial charge in [0.15, 0.2) is 0 Å². The van der Waals surface area contributed by atoms with Gasteiger partial charge in [-0.05, 0) is 37.9 Å². The molecule has 0 spiro atoms. The molecule has 2 aromatic rings. The molecule has 0 aliphatic heterocycles. The van der Waals surface area contributed by atoms with Crippen LogP contribution in [0.2, 0.25) is 0 Å². The lowest BCUT2D eigenvalue weighted by Gasteiger charge is -2.10. The Labute approximate surface area is 125 Å². The zero-order valence-electron chi connectivity index (χ0n) is 12.7. The molecule has 4 heteroatoms. The van der Waals surface area contributed by atoms with Crippen molar-refractivity contribution in [1.29, 1.82) is 0 Å². The van der Waals surface area contributed by atoms with Gasteiger partial charge in [-0.3, -0.25) is 4.79 Å². The van der Waals surface area contributed by atoms with Gasteiger partial charge in [-0.25, -0.2) is 0 Å². The molecule has 0 aliphatic carbocycles. The van der Waals surface area contributed by atoms with Crippen LogP contribution < -0.4 is 0 Å². The van der Waals surface area contributed by atoms with Crippen LogP contribution in [0.5, 0.6) is 0 Å². The second-order valence-electron chi connectivity index (χ2n) is 5.64. The molecule has 0 aliphatic rings. The van der Waals surface area contributed by atoms with Crippen molar-refractivity contribution in [2.45, 2.75) is 25.8 Å². The molecule has 0 bridgehead atoms. The Morgan fingerprint density at radius 2 is 2.05 bits per heavy atom. The first-order chi connectivity index (χ1) is 9.95. The molecule has 1 aromatic heterocycles. The van der Waals surface area contributed by atoms with E-state index in [4.69, 9.17) is 9.52 Å². The van der Waals surface area contributed by atoms with Crippen LogP contribution in [0.25, 0.3) is 11.3 Å². The standard InChI is InChI=1S/C17H21NO3/c1-12(9-17(19)20)15-7-8-16(21-15)14-6-4-5-13(10-14)11-18(2)3/h4-8,10,12H,9,11H2,1-3H3,(H,19,20). The molecule has 1 aromatic carbocycles. The summed E-state index contributed by atoms with van der Waals surface area (Å²) < 4.78 is 5.82. The summed E-state index contributed by atoms with van der Waals surface area (Å²) in [5.41, 5.74) is 2.23. The molecule has 0 fully saturated rings. The topological polar surface area (TPSA) is 53.7 Å². The van der Waals surface area contributed by atoms with Gasteiger partial charge in [0.25, 0.3) is 0 Å². The molecule has 1 atom stereocenters. The number of carboxylic acid groups (broad SMARTS) is 1. The third-order valence-electron chi connectivity index (χ3n) is 3.30. The second kappa shape index (κ2) is 6.59. The lowest BCUT2D eigenvalue weighted by atomic mass is 10.1. The maximum atomic E-state index is 10.8. The van der Waals surface area contributed by atoms with E-state index in [0.717, 1.165) is 17.9 Å². The minimum atomic E-state index is -0.812. The van der Waals surface area contributed by atoms with Gasteiger partial charge in [0.05, 0.1) is 6.42 Å². The number of carbonyl (C=O) groups is 1. The Morgan fingerprint density at radius 3 is 2.71 bits per heavy atom. The molecule has 112 valence electrons. The average molecular weight is 287 g/mol. The maximum Gasteiger partial charge on any atom is 0.304 e. The number of furan rings is 1. The molecular formula is C17H21NO3. The predicted octanol–water partition coefficient (Wildman–Crippen LogP) is 3.59. The summed E-state index contributed by atoms with van der Waals surface area (Å²) in [6.45, 7) is 2.73. The average Bonchev–Trinajstić information content (AvgIpc) is 2.87. The molecule has 1 heterocycles. The predicted molar refractivity (Wildman–Crippen MR) is 82.2 cm³/mol. The van der Waals surface area contributed by atoms with E-state index in [1.807, 2.05) is 45.3 Å². The van der Waals surface area contributed by atoms with E-state index in [-0.39, 0.29) is 12.3 Å². The summed E-state index contributed by atoms with van der Waals surface area (Å²) >= 11 is 0. The molecule has 21 heavy (non-hydrogen) atoms. The summed E-state index contributed by atoms with van der Waals surface area (Å²) in [6, 6.07) is 12.0. The van der Waals surface area contributed by atoms with Gasteiger partial charge in [-0.1, -0.05) is 25.1 Å². The minimum Gasteiger partial charge on any atom is -0.481 e. The fourth-order valence-electron chi connectivity index (χ4n) is 2.32. The summed E-state index contributed by atoms with van der Waals surface area (Å²) in [4.78, 5) is 12.9. The van der Waals surface area contributed by atoms with E-state index in [9.17, 15) is 4.79 Å². The molecule has 2 rings (SSSR count). The van der Waals surface area contributed by atoms with Gasteiger partial charge in [-0.15, -0.1) is 0 Å². The normalized spacial score (nSPS) is 12.6. The number of benzene rings is 1. The molecule has 0 radical (unpaired) electrons. The van der Waals surface area contributed by atoms with Crippen molar-refractivity contribution in [2.24, 2.45) is 0 Å². The lowest BCUT2D eigenvalue weighted by molar-refractivity contribution is -0.137. The highest BCUT2D eigenvalue weighted by Crippen LogP contribution is 2.28. The van der Waals surface area contributed by atoms with Gasteiger partial charge in [0.2, 0.25) is 0 Å². The van der Waals surface area contributed by atoms with E-state index in [2.05, 4.69) is 17.0 Å². The third-order valence-corrected chi connectivity index (χ3v) is 3.30. The summed E-state index contributed by atoms with van der Waals surface area (Å²) in [5, 5.41) is 8.84. The van der Waals surface area contributed by atoms with Crippen LogP contribution in [0.1, 0.15) is 30.6 Å². The number of aliphatic carboxylic acids is 1. The fraction of sp³-hybridized carbons (Fsp3) is 0.353. The van der Waals surface area contributed by atoms with Crippen LogP contribution in [0, 0.1) is 0 Å². The summed E-state index contributed by atoms with van der Waals surface area (Å²) in [5.74, 6) is 0.558. The molecule has 0 amide bonds. The van der Waals surface area contributed by atoms with Crippen molar-refractivity contribution in [3.05, 3.63) is 47.7 Å². The highest BCUT2D eigenvalue weighted by molar-refractivity contribution is 5.68. The van der Waals surface area contributed by atoms with Crippen molar-refractivity contribution >= 4 is 5.97 Å². The Bertz CT molecular complexity index is 616. The van der Waals surface area contributed by atoms with Gasteiger partial charge in [-0.2, -0.15) is 0 Å². The summed E-state index contributed by atoms with van der Waals surface area (Å²) in [7, 11) is 4.07. The number of hydrogen-bond donors (Lipinski definition) is 1. The van der Waals surface area contributed by atoms with Crippen molar-refractivity contribution in [2.75, 3.05) is 14.1 Å². The van der Waals surface area contributed by atoms with E-state index in [0.29, 0.717) is 5.76 Å². The Hall–Kier alpha value is -2.07. The van der Waals surface area contributed by atoms with E-state index < -0.39 is 5.97 Å². The van der Waals surface area contributed by atoms with Crippen molar-refractivity contribution < 1.29 is 14.3 Å². The van der Waals surface area contributed by atoms with Crippen molar-refractivity contribution in [1.82, 2.24) is 4.90 Å². The van der Waals surface area contributed by atoms with Crippen LogP contribution in [0.15, 0.2) is 40.8 Å². The first-order valence-electron chi connectivity index (χ1n) is 7.01. The van der Waals surface area contributed by atoms with E-state index in [1.165, 1.54) is 5.56 Å². The fourth-order valence-corrected chi connectivity index (χ4v) is 2.32. The van der Waals surface area contributed by atoms with Gasteiger partial charge < -0.3 is 14.4 Å². The maximum absolute atomic E-state index is 10.8. The quantitative estimate of drug-likeness (QED) is 0.882. The van der Waals surface area contributed by atoms with E-state index >= 15 is 0 Å². The molecule has 0 saturated carbocycles. The number of rotatable bonds is 6. The highest BCUT2D eigenvalue weighted by atomic mass is 16.4. The van der Waals surface area contributed by atoms with E-state index in [1.54, 1.807) is 0 Å². The van der Waals surface area contributed by atoms with Crippen molar-refractivity contribution in [3.8, 4) is 11.3 Å². The van der Waals surface area contributed by atoms with Crippen molar-refractivity contribution in [3.63, 3.8) is 0 Å². The number of hydrogen-bond acceptors (Lipinski definition) is 3.